The fourth-order valence-electron chi connectivity index (χ4n) is 2.11. The van der Waals surface area contributed by atoms with Crippen LogP contribution in [0, 0.1) is 5.82 Å². The highest BCUT2D eigenvalue weighted by atomic mass is 35.5. The van der Waals surface area contributed by atoms with Crippen molar-refractivity contribution in [2.75, 3.05) is 18.4 Å². The summed E-state index contributed by atoms with van der Waals surface area (Å²) in [6, 6.07) is 3.89. The maximum absolute atomic E-state index is 13.7. The molecule has 20 heavy (non-hydrogen) atoms. The van der Waals surface area contributed by atoms with Gasteiger partial charge in [0.25, 0.3) is 5.91 Å². The summed E-state index contributed by atoms with van der Waals surface area (Å²) >= 11 is 0. The molecule has 0 aromatic heterocycles. The van der Waals surface area contributed by atoms with Gasteiger partial charge in [-0.05, 0) is 24.6 Å². The SMILES string of the molecule is CC(=O)Nc1ccc(F)c(C(=O)N2CC[C@@H](N)C2)c1.Cl. The summed E-state index contributed by atoms with van der Waals surface area (Å²) in [5.41, 5.74) is 6.09. The van der Waals surface area contributed by atoms with Crippen molar-refractivity contribution in [2.24, 2.45) is 5.73 Å². The first-order chi connectivity index (χ1) is 8.97. The van der Waals surface area contributed by atoms with Gasteiger partial charge >= 0.3 is 0 Å². The molecule has 5 nitrogen and oxygen atoms in total. The van der Waals surface area contributed by atoms with E-state index in [-0.39, 0.29) is 29.9 Å². The Labute approximate surface area is 122 Å². The lowest BCUT2D eigenvalue weighted by Crippen LogP contribution is -2.32. The largest absolute Gasteiger partial charge is 0.337 e. The molecule has 0 bridgehead atoms. The zero-order chi connectivity index (χ0) is 14.0. The molecule has 0 spiro atoms. The van der Waals surface area contributed by atoms with Crippen LogP contribution in [0.5, 0.6) is 0 Å². The number of hydrogen-bond donors (Lipinski definition) is 2. The summed E-state index contributed by atoms with van der Waals surface area (Å²) < 4.78 is 13.7. The van der Waals surface area contributed by atoms with Gasteiger partial charge in [-0.1, -0.05) is 0 Å². The molecule has 2 rings (SSSR count). The van der Waals surface area contributed by atoms with Gasteiger partial charge in [-0.2, -0.15) is 0 Å². The van der Waals surface area contributed by atoms with Crippen LogP contribution in [0.25, 0.3) is 0 Å². The first-order valence-corrected chi connectivity index (χ1v) is 6.09. The van der Waals surface area contributed by atoms with Crippen LogP contribution >= 0.6 is 12.4 Å². The topological polar surface area (TPSA) is 75.4 Å². The predicted octanol–water partition coefficient (Wildman–Crippen LogP) is 1.38. The highest BCUT2D eigenvalue weighted by Crippen LogP contribution is 2.19. The maximum atomic E-state index is 13.7. The molecule has 2 amide bonds. The Balaban J connectivity index is 0.00000200. The minimum atomic E-state index is -0.598. The van der Waals surface area contributed by atoms with E-state index in [1.807, 2.05) is 0 Å². The van der Waals surface area contributed by atoms with E-state index in [2.05, 4.69) is 5.32 Å². The minimum absolute atomic E-state index is 0. The summed E-state index contributed by atoms with van der Waals surface area (Å²) in [6.07, 6.45) is 0.721. The molecule has 0 aliphatic carbocycles. The number of benzene rings is 1. The Morgan fingerprint density at radius 2 is 2.15 bits per heavy atom. The molecule has 7 heteroatoms. The van der Waals surface area contributed by atoms with E-state index in [0.29, 0.717) is 18.8 Å². The normalized spacial score (nSPS) is 17.6. The molecule has 1 aromatic rings. The molecule has 110 valence electrons. The molecule has 0 unspecified atom stereocenters. The van der Waals surface area contributed by atoms with Crippen LogP contribution in [-0.4, -0.2) is 35.8 Å². The van der Waals surface area contributed by atoms with Gasteiger partial charge < -0.3 is 16.0 Å². The van der Waals surface area contributed by atoms with Crippen LogP contribution in [-0.2, 0) is 4.79 Å². The second kappa shape index (κ2) is 6.67. The third kappa shape index (κ3) is 3.68. The second-order valence-electron chi connectivity index (χ2n) is 4.68. The van der Waals surface area contributed by atoms with Crippen molar-refractivity contribution < 1.29 is 14.0 Å². The Hall–Kier alpha value is -1.66. The van der Waals surface area contributed by atoms with Gasteiger partial charge in [0.05, 0.1) is 5.56 Å². The number of nitrogens with one attached hydrogen (secondary N) is 1. The summed E-state index contributed by atoms with van der Waals surface area (Å²) in [7, 11) is 0. The molecule has 1 aliphatic heterocycles. The first kappa shape index (κ1) is 16.4. The van der Waals surface area contributed by atoms with Crippen molar-refractivity contribution >= 4 is 29.9 Å². The molecule has 1 fully saturated rings. The zero-order valence-corrected chi connectivity index (χ0v) is 11.9. The lowest BCUT2D eigenvalue weighted by Gasteiger charge is -2.16. The number of likely N-dealkylation sites (tertiary alicyclic amines) is 1. The van der Waals surface area contributed by atoms with Crippen molar-refractivity contribution in [1.82, 2.24) is 4.90 Å². The molecule has 3 N–H and O–H groups in total. The molecule has 0 saturated carbocycles. The zero-order valence-electron chi connectivity index (χ0n) is 11.1. The summed E-state index contributed by atoms with van der Waals surface area (Å²) in [5.74, 6) is -1.26. The van der Waals surface area contributed by atoms with E-state index in [1.165, 1.54) is 30.0 Å². The van der Waals surface area contributed by atoms with Gasteiger partial charge in [-0.25, -0.2) is 4.39 Å². The number of carbonyl (C=O) groups excluding carboxylic acids is 2. The van der Waals surface area contributed by atoms with E-state index in [1.54, 1.807) is 0 Å². The average molecular weight is 302 g/mol. The molecule has 1 aromatic carbocycles. The van der Waals surface area contributed by atoms with Crippen LogP contribution in [0.4, 0.5) is 10.1 Å². The average Bonchev–Trinajstić information content (AvgIpc) is 2.77. The number of halogens is 2. The van der Waals surface area contributed by atoms with E-state index in [4.69, 9.17) is 5.73 Å². The number of nitrogens with zero attached hydrogens (tertiary/aromatic N) is 1. The van der Waals surface area contributed by atoms with Gasteiger partial charge in [0.1, 0.15) is 5.82 Å². The van der Waals surface area contributed by atoms with Crippen molar-refractivity contribution in [3.63, 3.8) is 0 Å². The molecule has 1 aliphatic rings. The second-order valence-corrected chi connectivity index (χ2v) is 4.68. The van der Waals surface area contributed by atoms with Crippen molar-refractivity contribution in [2.45, 2.75) is 19.4 Å². The van der Waals surface area contributed by atoms with Crippen LogP contribution in [0.3, 0.4) is 0 Å². The molecule has 1 atom stereocenters. The van der Waals surface area contributed by atoms with Gasteiger partial charge in [0, 0.05) is 31.7 Å². The van der Waals surface area contributed by atoms with E-state index in [9.17, 15) is 14.0 Å². The Bertz CT molecular complexity index is 524. The molecular formula is C13H17ClFN3O2. The van der Waals surface area contributed by atoms with Crippen LogP contribution < -0.4 is 11.1 Å². The van der Waals surface area contributed by atoms with Crippen LogP contribution in [0.15, 0.2) is 18.2 Å². The molecular weight excluding hydrogens is 285 g/mol. The molecule has 1 heterocycles. The van der Waals surface area contributed by atoms with E-state index in [0.717, 1.165) is 6.42 Å². The highest BCUT2D eigenvalue weighted by molar-refractivity contribution is 5.97. The van der Waals surface area contributed by atoms with Crippen molar-refractivity contribution in [1.29, 1.82) is 0 Å². The number of amides is 2. The van der Waals surface area contributed by atoms with E-state index >= 15 is 0 Å². The van der Waals surface area contributed by atoms with Gasteiger partial charge in [-0.3, -0.25) is 9.59 Å². The first-order valence-electron chi connectivity index (χ1n) is 6.09. The smallest absolute Gasteiger partial charge is 0.256 e. The fraction of sp³-hybridized carbons (Fsp3) is 0.385. The third-order valence-corrected chi connectivity index (χ3v) is 3.03. The standard InChI is InChI=1S/C13H16FN3O2.ClH/c1-8(18)16-10-2-3-12(14)11(6-10)13(19)17-5-4-9(15)7-17;/h2-3,6,9H,4-5,7,15H2,1H3,(H,16,18);1H/t9-;/m1./s1. The third-order valence-electron chi connectivity index (χ3n) is 3.03. The summed E-state index contributed by atoms with van der Waals surface area (Å²) in [4.78, 5) is 24.7. The van der Waals surface area contributed by atoms with Crippen LogP contribution in [0.1, 0.15) is 23.7 Å². The number of nitrogens with two attached hydrogens (primary N) is 1. The Kier molecular flexibility index (Phi) is 5.47. The van der Waals surface area contributed by atoms with Gasteiger partial charge in [-0.15, -0.1) is 12.4 Å². The lowest BCUT2D eigenvalue weighted by molar-refractivity contribution is -0.114. The molecule has 1 saturated heterocycles. The fourth-order valence-corrected chi connectivity index (χ4v) is 2.11. The number of carbonyl (C=O) groups is 2. The quantitative estimate of drug-likeness (QED) is 0.866. The monoisotopic (exact) mass is 301 g/mol. The van der Waals surface area contributed by atoms with Crippen molar-refractivity contribution in [3.05, 3.63) is 29.6 Å². The van der Waals surface area contributed by atoms with E-state index < -0.39 is 11.7 Å². The Morgan fingerprint density at radius 1 is 1.45 bits per heavy atom. The van der Waals surface area contributed by atoms with Crippen molar-refractivity contribution in [3.8, 4) is 0 Å². The van der Waals surface area contributed by atoms with Gasteiger partial charge in [0.2, 0.25) is 5.91 Å². The minimum Gasteiger partial charge on any atom is -0.337 e. The summed E-state index contributed by atoms with van der Waals surface area (Å²) in [5, 5.41) is 2.53. The molecule has 0 radical (unpaired) electrons. The number of hydrogen-bond acceptors (Lipinski definition) is 3. The Morgan fingerprint density at radius 3 is 2.70 bits per heavy atom. The number of rotatable bonds is 2. The van der Waals surface area contributed by atoms with Crippen LogP contribution in [0.2, 0.25) is 0 Å². The summed E-state index contributed by atoms with van der Waals surface area (Å²) in [6.45, 7) is 2.32. The lowest BCUT2D eigenvalue weighted by atomic mass is 10.1. The maximum Gasteiger partial charge on any atom is 0.256 e. The number of anilines is 1. The predicted molar refractivity (Wildman–Crippen MR) is 76.4 cm³/mol. The highest BCUT2D eigenvalue weighted by Gasteiger charge is 2.26. The van der Waals surface area contributed by atoms with Gasteiger partial charge in [0.15, 0.2) is 0 Å².